The van der Waals surface area contributed by atoms with Crippen LogP contribution in [0.25, 0.3) is 0 Å². The molecule has 1 aromatic carbocycles. The second-order valence-corrected chi connectivity index (χ2v) is 4.49. The maximum Gasteiger partial charge on any atom is 0.144 e. The number of nitrogens with zero attached hydrogens (tertiary/aromatic N) is 2. The summed E-state index contributed by atoms with van der Waals surface area (Å²) < 4.78 is 0. The van der Waals surface area contributed by atoms with Crippen LogP contribution in [-0.2, 0) is 13.0 Å². The summed E-state index contributed by atoms with van der Waals surface area (Å²) in [4.78, 5) is 8.38. The van der Waals surface area contributed by atoms with E-state index in [1.807, 2.05) is 6.07 Å². The molecule has 0 radical (unpaired) electrons. The van der Waals surface area contributed by atoms with Gasteiger partial charge in [-0.25, -0.2) is 9.97 Å². The van der Waals surface area contributed by atoms with Crippen molar-refractivity contribution in [2.75, 3.05) is 5.32 Å². The lowest BCUT2D eigenvalue weighted by Crippen LogP contribution is -2.04. The third-order valence-electron chi connectivity index (χ3n) is 2.93. The molecule has 100 valence electrons. The van der Waals surface area contributed by atoms with Crippen LogP contribution in [0.1, 0.15) is 31.2 Å². The molecular weight excluding hydrogens is 236 g/mol. The topological polar surface area (TPSA) is 63.8 Å². The number of aromatic nitrogens is 2. The summed E-state index contributed by atoms with van der Waals surface area (Å²) in [5.74, 6) is 1.42. The number of unbranched alkanes of at least 4 members (excludes halogenated alkanes) is 1. The fourth-order valence-electron chi connectivity index (χ4n) is 1.85. The van der Waals surface area contributed by atoms with Crippen molar-refractivity contribution in [1.29, 1.82) is 0 Å². The Hall–Kier alpha value is -1.94. The van der Waals surface area contributed by atoms with Gasteiger partial charge in [-0.05, 0) is 36.6 Å². The van der Waals surface area contributed by atoms with E-state index in [1.165, 1.54) is 18.4 Å². The first-order valence-corrected chi connectivity index (χ1v) is 6.69. The maximum absolute atomic E-state index is 5.53. The van der Waals surface area contributed by atoms with Gasteiger partial charge in [-0.3, -0.25) is 0 Å². The van der Waals surface area contributed by atoms with E-state index in [-0.39, 0.29) is 0 Å². The first-order valence-electron chi connectivity index (χ1n) is 6.69. The quantitative estimate of drug-likeness (QED) is 0.834. The van der Waals surface area contributed by atoms with Crippen molar-refractivity contribution in [3.63, 3.8) is 0 Å². The molecule has 0 aliphatic carbocycles. The largest absolute Gasteiger partial charge is 0.340 e. The summed E-state index contributed by atoms with van der Waals surface area (Å²) in [5, 5.41) is 3.26. The number of aryl methyl sites for hydroxylation is 1. The van der Waals surface area contributed by atoms with E-state index in [1.54, 1.807) is 6.20 Å². The Morgan fingerprint density at radius 2 is 1.95 bits per heavy atom. The summed E-state index contributed by atoms with van der Waals surface area (Å²) in [6.07, 6.45) is 5.32. The molecule has 0 aliphatic heterocycles. The minimum atomic E-state index is 0.353. The van der Waals surface area contributed by atoms with E-state index in [2.05, 4.69) is 46.5 Å². The number of nitrogens with one attached hydrogen (secondary N) is 1. The van der Waals surface area contributed by atoms with Crippen molar-refractivity contribution < 1.29 is 0 Å². The number of anilines is 2. The van der Waals surface area contributed by atoms with Crippen LogP contribution >= 0.6 is 0 Å². The summed E-state index contributed by atoms with van der Waals surface area (Å²) in [6.45, 7) is 2.56. The molecule has 0 saturated heterocycles. The zero-order chi connectivity index (χ0) is 13.5. The van der Waals surface area contributed by atoms with E-state index in [4.69, 9.17) is 5.73 Å². The zero-order valence-electron chi connectivity index (χ0n) is 11.3. The predicted octanol–water partition coefficient (Wildman–Crippen LogP) is 3.02. The summed E-state index contributed by atoms with van der Waals surface area (Å²) in [6, 6.07) is 10.3. The van der Waals surface area contributed by atoms with E-state index < -0.39 is 0 Å². The van der Waals surface area contributed by atoms with Crippen molar-refractivity contribution >= 4 is 11.5 Å². The summed E-state index contributed by atoms with van der Waals surface area (Å²) in [5.41, 5.74) is 7.93. The highest BCUT2D eigenvalue weighted by Gasteiger charge is 1.99. The van der Waals surface area contributed by atoms with Crippen molar-refractivity contribution in [1.82, 2.24) is 9.97 Å². The van der Waals surface area contributed by atoms with Crippen molar-refractivity contribution in [3.05, 3.63) is 47.9 Å². The van der Waals surface area contributed by atoms with Crippen molar-refractivity contribution in [2.45, 2.75) is 32.7 Å². The van der Waals surface area contributed by atoms with Gasteiger partial charge in [0, 0.05) is 11.9 Å². The second kappa shape index (κ2) is 6.85. The van der Waals surface area contributed by atoms with E-state index in [0.717, 1.165) is 17.9 Å². The molecule has 0 saturated carbocycles. The molecule has 0 spiro atoms. The standard InChI is InChI=1S/C15H20N4/c1-2-3-4-12-5-7-13(8-6-12)18-14-9-10-17-15(11-16)19-14/h5-10H,2-4,11,16H2,1H3,(H,17,18,19). The van der Waals surface area contributed by atoms with Crippen LogP contribution in [0.2, 0.25) is 0 Å². The van der Waals surface area contributed by atoms with E-state index in [0.29, 0.717) is 12.4 Å². The molecule has 0 bridgehead atoms. The number of hydrogen-bond donors (Lipinski definition) is 2. The Kier molecular flexibility index (Phi) is 4.86. The molecule has 3 N–H and O–H groups in total. The lowest BCUT2D eigenvalue weighted by Gasteiger charge is -2.07. The average molecular weight is 256 g/mol. The van der Waals surface area contributed by atoms with Gasteiger partial charge in [0.2, 0.25) is 0 Å². The molecule has 2 rings (SSSR count). The highest BCUT2D eigenvalue weighted by molar-refractivity contribution is 5.56. The van der Waals surface area contributed by atoms with Crippen LogP contribution in [0, 0.1) is 0 Å². The van der Waals surface area contributed by atoms with Crippen LogP contribution in [0.4, 0.5) is 11.5 Å². The number of benzene rings is 1. The molecule has 2 aromatic rings. The van der Waals surface area contributed by atoms with Gasteiger partial charge in [-0.1, -0.05) is 25.5 Å². The molecule has 0 fully saturated rings. The molecule has 1 aromatic heterocycles. The Morgan fingerprint density at radius 1 is 1.16 bits per heavy atom. The zero-order valence-corrected chi connectivity index (χ0v) is 11.3. The molecular formula is C15H20N4. The molecule has 0 amide bonds. The van der Waals surface area contributed by atoms with Gasteiger partial charge >= 0.3 is 0 Å². The van der Waals surface area contributed by atoms with Crippen LogP contribution < -0.4 is 11.1 Å². The third-order valence-corrected chi connectivity index (χ3v) is 2.93. The van der Waals surface area contributed by atoms with Crippen molar-refractivity contribution in [2.24, 2.45) is 5.73 Å². The summed E-state index contributed by atoms with van der Waals surface area (Å²) >= 11 is 0. The maximum atomic E-state index is 5.53. The number of nitrogens with two attached hydrogens (primary N) is 1. The first kappa shape index (κ1) is 13.5. The van der Waals surface area contributed by atoms with Crippen LogP contribution in [0.3, 0.4) is 0 Å². The average Bonchev–Trinajstić information content (AvgIpc) is 2.47. The Bertz CT molecular complexity index is 508. The molecule has 0 aliphatic rings. The van der Waals surface area contributed by atoms with Crippen LogP contribution in [-0.4, -0.2) is 9.97 Å². The molecule has 0 unspecified atom stereocenters. The van der Waals surface area contributed by atoms with Crippen LogP contribution in [0.5, 0.6) is 0 Å². The van der Waals surface area contributed by atoms with Crippen LogP contribution in [0.15, 0.2) is 36.5 Å². The highest BCUT2D eigenvalue weighted by atomic mass is 15.0. The number of hydrogen-bond acceptors (Lipinski definition) is 4. The minimum absolute atomic E-state index is 0.353. The fourth-order valence-corrected chi connectivity index (χ4v) is 1.85. The number of rotatable bonds is 6. The molecule has 4 nitrogen and oxygen atoms in total. The van der Waals surface area contributed by atoms with Gasteiger partial charge in [0.15, 0.2) is 0 Å². The monoisotopic (exact) mass is 256 g/mol. The van der Waals surface area contributed by atoms with Gasteiger partial charge in [0.05, 0.1) is 6.54 Å². The normalized spacial score (nSPS) is 10.4. The molecule has 4 heteroatoms. The van der Waals surface area contributed by atoms with E-state index >= 15 is 0 Å². The molecule has 19 heavy (non-hydrogen) atoms. The smallest absolute Gasteiger partial charge is 0.144 e. The van der Waals surface area contributed by atoms with Gasteiger partial charge < -0.3 is 11.1 Å². The van der Waals surface area contributed by atoms with Gasteiger partial charge in [-0.2, -0.15) is 0 Å². The summed E-state index contributed by atoms with van der Waals surface area (Å²) in [7, 11) is 0. The Labute approximate surface area is 114 Å². The predicted molar refractivity (Wildman–Crippen MR) is 78.3 cm³/mol. The minimum Gasteiger partial charge on any atom is -0.340 e. The lowest BCUT2D eigenvalue weighted by atomic mass is 10.1. The fraction of sp³-hybridized carbons (Fsp3) is 0.333. The van der Waals surface area contributed by atoms with Gasteiger partial charge in [0.1, 0.15) is 11.6 Å². The van der Waals surface area contributed by atoms with Crippen molar-refractivity contribution in [3.8, 4) is 0 Å². The Balaban J connectivity index is 2.02. The molecule has 1 heterocycles. The van der Waals surface area contributed by atoms with Gasteiger partial charge in [-0.15, -0.1) is 0 Å². The third kappa shape index (κ3) is 4.03. The first-order chi connectivity index (χ1) is 9.31. The van der Waals surface area contributed by atoms with E-state index in [9.17, 15) is 0 Å². The van der Waals surface area contributed by atoms with Gasteiger partial charge in [0.25, 0.3) is 0 Å². The highest BCUT2D eigenvalue weighted by Crippen LogP contribution is 2.16. The Morgan fingerprint density at radius 3 is 2.63 bits per heavy atom. The lowest BCUT2D eigenvalue weighted by molar-refractivity contribution is 0.795. The second-order valence-electron chi connectivity index (χ2n) is 4.49. The molecule has 0 atom stereocenters. The SMILES string of the molecule is CCCCc1ccc(Nc2ccnc(CN)n2)cc1.